The van der Waals surface area contributed by atoms with Crippen molar-refractivity contribution in [3.8, 4) is 0 Å². The summed E-state index contributed by atoms with van der Waals surface area (Å²) >= 11 is 0. The van der Waals surface area contributed by atoms with Gasteiger partial charge in [-0.15, -0.1) is 0 Å². The van der Waals surface area contributed by atoms with E-state index in [4.69, 9.17) is 4.74 Å². The van der Waals surface area contributed by atoms with Gasteiger partial charge in [-0.3, -0.25) is 0 Å². The number of rotatable bonds is 2. The van der Waals surface area contributed by atoms with Gasteiger partial charge in [0.05, 0.1) is 12.1 Å². The first-order chi connectivity index (χ1) is 7.33. The molecule has 0 saturated carbocycles. The first-order valence-corrected chi connectivity index (χ1v) is 5.33. The molecule has 1 heterocycles. The topological polar surface area (TPSA) is 21.3 Å². The number of hydrogen-bond donors (Lipinski definition) is 1. The summed E-state index contributed by atoms with van der Waals surface area (Å²) < 4.78 is 19.0. The molecule has 0 amide bonds. The summed E-state index contributed by atoms with van der Waals surface area (Å²) in [5, 5.41) is 3.31. The molecule has 1 aromatic rings. The van der Waals surface area contributed by atoms with Crippen LogP contribution in [-0.2, 0) is 4.74 Å². The minimum absolute atomic E-state index is 0.00931. The Morgan fingerprint density at radius 1 is 1.40 bits per heavy atom. The molecule has 2 unspecified atom stereocenters. The maximum Gasteiger partial charge on any atom is 0.128 e. The Labute approximate surface area is 89.4 Å². The average molecular weight is 209 g/mol. The van der Waals surface area contributed by atoms with E-state index in [9.17, 15) is 4.39 Å². The lowest BCUT2D eigenvalue weighted by molar-refractivity contribution is 0.0440. The highest BCUT2D eigenvalue weighted by Crippen LogP contribution is 2.27. The van der Waals surface area contributed by atoms with E-state index >= 15 is 0 Å². The quantitative estimate of drug-likeness (QED) is 0.806. The first-order valence-electron chi connectivity index (χ1n) is 5.33. The van der Waals surface area contributed by atoms with E-state index in [-0.39, 0.29) is 18.0 Å². The second kappa shape index (κ2) is 4.73. The van der Waals surface area contributed by atoms with Crippen LogP contribution in [0.15, 0.2) is 24.3 Å². The smallest absolute Gasteiger partial charge is 0.128 e. The molecule has 1 saturated heterocycles. The largest absolute Gasteiger partial charge is 0.379 e. The first kappa shape index (κ1) is 10.6. The van der Waals surface area contributed by atoms with Gasteiger partial charge in [0.2, 0.25) is 0 Å². The molecule has 2 rings (SSSR count). The molecule has 15 heavy (non-hydrogen) atoms. The molecule has 1 aliphatic rings. The molecular formula is C12H16FNO. The zero-order valence-corrected chi connectivity index (χ0v) is 8.87. The van der Waals surface area contributed by atoms with Crippen LogP contribution in [0.3, 0.4) is 0 Å². The predicted octanol–water partition coefficient (Wildman–Crippen LogP) is 2.27. The van der Waals surface area contributed by atoms with Crippen LogP contribution in [0.4, 0.5) is 4.39 Å². The van der Waals surface area contributed by atoms with Gasteiger partial charge in [-0.1, -0.05) is 18.2 Å². The van der Waals surface area contributed by atoms with Crippen molar-refractivity contribution in [3.63, 3.8) is 0 Å². The Morgan fingerprint density at radius 3 is 2.93 bits per heavy atom. The third-order valence-corrected chi connectivity index (χ3v) is 2.94. The third kappa shape index (κ3) is 2.19. The van der Waals surface area contributed by atoms with Gasteiger partial charge in [0, 0.05) is 12.7 Å². The minimum Gasteiger partial charge on any atom is -0.379 e. The fraction of sp³-hybridized carbons (Fsp3) is 0.500. The van der Waals surface area contributed by atoms with E-state index in [1.54, 1.807) is 13.2 Å². The summed E-state index contributed by atoms with van der Waals surface area (Å²) in [4.78, 5) is 0. The highest BCUT2D eigenvalue weighted by Gasteiger charge is 2.27. The molecule has 1 aromatic carbocycles. The molecule has 0 radical (unpaired) electrons. The lowest BCUT2D eigenvalue weighted by atomic mass is 9.94. The van der Waals surface area contributed by atoms with Gasteiger partial charge in [0.25, 0.3) is 0 Å². The van der Waals surface area contributed by atoms with E-state index in [1.165, 1.54) is 6.07 Å². The molecule has 0 aliphatic carbocycles. The van der Waals surface area contributed by atoms with Crippen molar-refractivity contribution in [3.05, 3.63) is 35.6 Å². The zero-order valence-electron chi connectivity index (χ0n) is 8.87. The second-order valence-electron chi connectivity index (χ2n) is 3.87. The number of methoxy groups -OCH3 is 1. The predicted molar refractivity (Wildman–Crippen MR) is 57.2 cm³/mol. The van der Waals surface area contributed by atoms with Gasteiger partial charge in [-0.25, -0.2) is 4.39 Å². The van der Waals surface area contributed by atoms with Gasteiger partial charge < -0.3 is 10.1 Å². The third-order valence-electron chi connectivity index (χ3n) is 2.94. The number of piperidine rings is 1. The standard InChI is InChI=1S/C12H16FNO/c1-15-11-7-4-8-14-12(11)9-5-2-3-6-10(9)13/h2-3,5-6,11-12,14H,4,7-8H2,1H3. The summed E-state index contributed by atoms with van der Waals surface area (Å²) in [5.74, 6) is -0.154. The molecule has 2 nitrogen and oxygen atoms in total. The highest BCUT2D eigenvalue weighted by atomic mass is 19.1. The summed E-state index contributed by atoms with van der Waals surface area (Å²) in [7, 11) is 1.69. The van der Waals surface area contributed by atoms with Crippen LogP contribution in [0.1, 0.15) is 24.4 Å². The molecule has 1 aliphatic heterocycles. The molecule has 0 spiro atoms. The minimum atomic E-state index is -0.154. The van der Waals surface area contributed by atoms with Crippen molar-refractivity contribution in [2.75, 3.05) is 13.7 Å². The van der Waals surface area contributed by atoms with Gasteiger partial charge >= 0.3 is 0 Å². The van der Waals surface area contributed by atoms with E-state index in [0.29, 0.717) is 5.56 Å². The van der Waals surface area contributed by atoms with Gasteiger partial charge in [-0.05, 0) is 25.5 Å². The van der Waals surface area contributed by atoms with Crippen LogP contribution >= 0.6 is 0 Å². The van der Waals surface area contributed by atoms with Gasteiger partial charge in [-0.2, -0.15) is 0 Å². The highest BCUT2D eigenvalue weighted by molar-refractivity contribution is 5.22. The Hall–Kier alpha value is -0.930. The molecule has 3 heteroatoms. The second-order valence-corrected chi connectivity index (χ2v) is 3.87. The molecular weight excluding hydrogens is 193 g/mol. The van der Waals surface area contributed by atoms with Crippen LogP contribution in [0.2, 0.25) is 0 Å². The number of benzene rings is 1. The summed E-state index contributed by atoms with van der Waals surface area (Å²) in [6.45, 7) is 0.929. The van der Waals surface area contributed by atoms with Crippen LogP contribution in [0.5, 0.6) is 0 Å². The molecule has 1 N–H and O–H groups in total. The number of ether oxygens (including phenoxy) is 1. The van der Waals surface area contributed by atoms with Crippen LogP contribution in [0.25, 0.3) is 0 Å². The maximum absolute atomic E-state index is 13.6. The maximum atomic E-state index is 13.6. The van der Waals surface area contributed by atoms with Crippen molar-refractivity contribution >= 4 is 0 Å². The summed E-state index contributed by atoms with van der Waals surface area (Å²) in [6, 6.07) is 6.89. The lowest BCUT2D eigenvalue weighted by Crippen LogP contribution is -2.39. The number of hydrogen-bond acceptors (Lipinski definition) is 2. The van der Waals surface area contributed by atoms with Crippen molar-refractivity contribution < 1.29 is 9.13 Å². The SMILES string of the molecule is COC1CCCNC1c1ccccc1F. The molecule has 2 atom stereocenters. The zero-order chi connectivity index (χ0) is 10.7. The van der Waals surface area contributed by atoms with Crippen molar-refractivity contribution in [2.45, 2.75) is 25.0 Å². The van der Waals surface area contributed by atoms with Crippen molar-refractivity contribution in [1.82, 2.24) is 5.32 Å². The molecule has 1 fully saturated rings. The van der Waals surface area contributed by atoms with Crippen LogP contribution in [0, 0.1) is 5.82 Å². The summed E-state index contributed by atoms with van der Waals surface area (Å²) in [6.07, 6.45) is 2.15. The van der Waals surface area contributed by atoms with E-state index in [2.05, 4.69) is 5.32 Å². The Kier molecular flexibility index (Phi) is 3.34. The normalized spacial score (nSPS) is 26.5. The Bertz CT molecular complexity index is 329. The average Bonchev–Trinajstić information content (AvgIpc) is 2.30. The van der Waals surface area contributed by atoms with Crippen molar-refractivity contribution in [2.24, 2.45) is 0 Å². The Morgan fingerprint density at radius 2 is 2.20 bits per heavy atom. The lowest BCUT2D eigenvalue weighted by Gasteiger charge is -2.32. The van der Waals surface area contributed by atoms with Crippen LogP contribution in [-0.4, -0.2) is 19.8 Å². The monoisotopic (exact) mass is 209 g/mol. The number of nitrogens with one attached hydrogen (secondary N) is 1. The van der Waals surface area contributed by atoms with E-state index in [1.807, 2.05) is 12.1 Å². The van der Waals surface area contributed by atoms with Gasteiger partial charge in [0.1, 0.15) is 5.82 Å². The van der Waals surface area contributed by atoms with Gasteiger partial charge in [0.15, 0.2) is 0 Å². The summed E-state index contributed by atoms with van der Waals surface area (Å²) in [5.41, 5.74) is 0.712. The number of halogens is 1. The fourth-order valence-electron chi connectivity index (χ4n) is 2.15. The fourth-order valence-corrected chi connectivity index (χ4v) is 2.15. The van der Waals surface area contributed by atoms with E-state index < -0.39 is 0 Å². The molecule has 0 aromatic heterocycles. The molecule has 82 valence electrons. The Balaban J connectivity index is 2.24. The van der Waals surface area contributed by atoms with E-state index in [0.717, 1.165) is 19.4 Å². The van der Waals surface area contributed by atoms with Crippen LogP contribution < -0.4 is 5.32 Å². The van der Waals surface area contributed by atoms with Crippen molar-refractivity contribution in [1.29, 1.82) is 0 Å². The molecule has 0 bridgehead atoms.